The Morgan fingerprint density at radius 2 is 2.17 bits per heavy atom. The monoisotopic (exact) mass is 252 g/mol. The average molecular weight is 252 g/mol. The molecule has 1 aromatic rings. The lowest BCUT2D eigenvalue weighted by molar-refractivity contribution is 0.00496. The highest BCUT2D eigenvalue weighted by Gasteiger charge is 2.17. The fourth-order valence-electron chi connectivity index (χ4n) is 1.50. The normalized spacial score (nSPS) is 13.4. The molecule has 4 nitrogen and oxygen atoms in total. The van der Waals surface area contributed by atoms with E-state index >= 15 is 0 Å². The van der Waals surface area contributed by atoms with Gasteiger partial charge in [-0.25, -0.2) is 4.98 Å². The first-order valence-corrected chi connectivity index (χ1v) is 6.30. The summed E-state index contributed by atoms with van der Waals surface area (Å²) in [6.45, 7) is 6.78. The summed E-state index contributed by atoms with van der Waals surface area (Å²) in [6.07, 6.45) is 2.58. The van der Waals surface area contributed by atoms with E-state index in [1.165, 1.54) is 0 Å². The Morgan fingerprint density at radius 1 is 1.44 bits per heavy atom. The van der Waals surface area contributed by atoms with E-state index in [9.17, 15) is 0 Å². The van der Waals surface area contributed by atoms with Gasteiger partial charge >= 0.3 is 0 Å². The lowest BCUT2D eigenvalue weighted by Crippen LogP contribution is -2.25. The Bertz CT molecular complexity index is 367. The van der Waals surface area contributed by atoms with Gasteiger partial charge in [-0.05, 0) is 33.9 Å². The second kappa shape index (κ2) is 6.71. The number of nitrogens with one attached hydrogen (secondary N) is 1. The summed E-state index contributed by atoms with van der Waals surface area (Å²) in [5, 5.41) is 3.19. The van der Waals surface area contributed by atoms with Crippen molar-refractivity contribution in [1.29, 1.82) is 0 Å². The van der Waals surface area contributed by atoms with Crippen molar-refractivity contribution in [3.05, 3.63) is 23.9 Å². The number of ether oxygens (including phenoxy) is 2. The minimum Gasteiger partial charge on any atom is -0.477 e. The minimum atomic E-state index is -0.163. The first kappa shape index (κ1) is 14.9. The number of hydrogen-bond acceptors (Lipinski definition) is 4. The molecule has 0 aromatic carbocycles. The molecule has 1 atom stereocenters. The minimum absolute atomic E-state index is 0.163. The maximum Gasteiger partial charge on any atom is 0.218 e. The van der Waals surface area contributed by atoms with Crippen LogP contribution in [-0.2, 0) is 4.74 Å². The van der Waals surface area contributed by atoms with E-state index in [0.29, 0.717) is 12.5 Å². The molecule has 0 aliphatic carbocycles. The van der Waals surface area contributed by atoms with Gasteiger partial charge in [0.2, 0.25) is 5.88 Å². The summed E-state index contributed by atoms with van der Waals surface area (Å²) in [5.74, 6) is 0.700. The second-order valence-corrected chi connectivity index (χ2v) is 4.97. The Kier molecular flexibility index (Phi) is 5.56. The number of rotatable bonds is 7. The van der Waals surface area contributed by atoms with Gasteiger partial charge in [-0.15, -0.1) is 0 Å². The van der Waals surface area contributed by atoms with Crippen LogP contribution in [0.15, 0.2) is 18.3 Å². The molecule has 0 bridgehead atoms. The topological polar surface area (TPSA) is 43.4 Å². The smallest absolute Gasteiger partial charge is 0.218 e. The van der Waals surface area contributed by atoms with E-state index in [1.807, 2.05) is 33.0 Å². The molecular weight excluding hydrogens is 228 g/mol. The van der Waals surface area contributed by atoms with E-state index in [0.717, 1.165) is 12.0 Å². The first-order chi connectivity index (χ1) is 8.50. The van der Waals surface area contributed by atoms with Crippen molar-refractivity contribution in [3.8, 4) is 5.88 Å². The van der Waals surface area contributed by atoms with Crippen LogP contribution in [0, 0.1) is 0 Å². The lowest BCUT2D eigenvalue weighted by atomic mass is 10.1. The Balaban J connectivity index is 2.62. The van der Waals surface area contributed by atoms with E-state index in [1.54, 1.807) is 13.3 Å². The van der Waals surface area contributed by atoms with Crippen LogP contribution < -0.4 is 10.1 Å². The molecule has 0 spiro atoms. The number of methoxy groups -OCH3 is 1. The van der Waals surface area contributed by atoms with Gasteiger partial charge < -0.3 is 14.8 Å². The zero-order valence-electron chi connectivity index (χ0n) is 12.0. The van der Waals surface area contributed by atoms with Crippen LogP contribution in [0.2, 0.25) is 0 Å². The predicted octanol–water partition coefficient (Wildman–Crippen LogP) is 2.56. The van der Waals surface area contributed by atoms with Gasteiger partial charge in [0.25, 0.3) is 0 Å². The predicted molar refractivity (Wildman–Crippen MR) is 72.9 cm³/mol. The molecule has 0 amide bonds. The molecule has 0 aliphatic heterocycles. The van der Waals surface area contributed by atoms with Crippen molar-refractivity contribution in [3.63, 3.8) is 0 Å². The quantitative estimate of drug-likeness (QED) is 0.810. The molecule has 0 saturated carbocycles. The average Bonchev–Trinajstić information content (AvgIpc) is 2.38. The molecule has 1 N–H and O–H groups in total. The number of hydrogen-bond donors (Lipinski definition) is 1. The van der Waals surface area contributed by atoms with Crippen LogP contribution >= 0.6 is 0 Å². The van der Waals surface area contributed by atoms with Crippen molar-refractivity contribution < 1.29 is 9.47 Å². The molecule has 1 rings (SSSR count). The molecule has 0 fully saturated rings. The van der Waals surface area contributed by atoms with Crippen LogP contribution in [-0.4, -0.2) is 31.3 Å². The lowest BCUT2D eigenvalue weighted by Gasteiger charge is -2.23. The Hall–Kier alpha value is -1.13. The summed E-state index contributed by atoms with van der Waals surface area (Å²) >= 11 is 0. The van der Waals surface area contributed by atoms with Gasteiger partial charge in [-0.3, -0.25) is 0 Å². The highest BCUT2D eigenvalue weighted by Crippen LogP contribution is 2.22. The van der Waals surface area contributed by atoms with E-state index in [4.69, 9.17) is 9.47 Å². The number of aromatic nitrogens is 1. The standard InChI is InChI=1S/C14H24N2O2/c1-11(15-4)12-7-6-9-16-13(12)18-10-8-14(2,3)17-5/h6-7,9,11,15H,8,10H2,1-5H3. The molecule has 1 unspecified atom stereocenters. The maximum absolute atomic E-state index is 5.77. The largest absolute Gasteiger partial charge is 0.477 e. The fourth-order valence-corrected chi connectivity index (χ4v) is 1.50. The number of pyridine rings is 1. The Labute approximate surface area is 110 Å². The highest BCUT2D eigenvalue weighted by atomic mass is 16.5. The maximum atomic E-state index is 5.77. The fraction of sp³-hybridized carbons (Fsp3) is 0.643. The first-order valence-electron chi connectivity index (χ1n) is 6.30. The van der Waals surface area contributed by atoms with Gasteiger partial charge in [0.1, 0.15) is 0 Å². The third-order valence-electron chi connectivity index (χ3n) is 3.20. The summed E-state index contributed by atoms with van der Waals surface area (Å²) in [4.78, 5) is 4.29. The molecule has 1 aromatic heterocycles. The van der Waals surface area contributed by atoms with Crippen molar-refractivity contribution in [2.45, 2.75) is 38.8 Å². The van der Waals surface area contributed by atoms with E-state index < -0.39 is 0 Å². The molecule has 0 radical (unpaired) electrons. The summed E-state index contributed by atoms with van der Waals surface area (Å²) in [5.41, 5.74) is 0.916. The number of nitrogens with zero attached hydrogens (tertiary/aromatic N) is 1. The van der Waals surface area contributed by atoms with Crippen molar-refractivity contribution in [2.75, 3.05) is 20.8 Å². The van der Waals surface area contributed by atoms with Gasteiger partial charge in [0.15, 0.2) is 0 Å². The van der Waals surface area contributed by atoms with E-state index in [2.05, 4.69) is 17.2 Å². The zero-order chi connectivity index (χ0) is 13.6. The van der Waals surface area contributed by atoms with Gasteiger partial charge in [0.05, 0.1) is 12.2 Å². The Morgan fingerprint density at radius 3 is 2.78 bits per heavy atom. The molecule has 0 aliphatic rings. The summed E-state index contributed by atoms with van der Waals surface area (Å²) in [6, 6.07) is 4.18. The van der Waals surface area contributed by atoms with Crippen molar-refractivity contribution in [2.24, 2.45) is 0 Å². The van der Waals surface area contributed by atoms with Gasteiger partial charge in [-0.1, -0.05) is 6.07 Å². The highest BCUT2D eigenvalue weighted by molar-refractivity contribution is 5.28. The van der Waals surface area contributed by atoms with Crippen molar-refractivity contribution in [1.82, 2.24) is 10.3 Å². The van der Waals surface area contributed by atoms with Crippen LogP contribution in [0.5, 0.6) is 5.88 Å². The molecule has 102 valence electrons. The van der Waals surface area contributed by atoms with Crippen LogP contribution in [0.1, 0.15) is 38.8 Å². The van der Waals surface area contributed by atoms with Crippen molar-refractivity contribution >= 4 is 0 Å². The van der Waals surface area contributed by atoms with Crippen LogP contribution in [0.25, 0.3) is 0 Å². The van der Waals surface area contributed by atoms with Crippen LogP contribution in [0.4, 0.5) is 0 Å². The molecule has 18 heavy (non-hydrogen) atoms. The van der Waals surface area contributed by atoms with Gasteiger partial charge in [0, 0.05) is 31.3 Å². The van der Waals surface area contributed by atoms with E-state index in [-0.39, 0.29) is 11.6 Å². The summed E-state index contributed by atoms with van der Waals surface area (Å²) < 4.78 is 11.1. The molecule has 0 saturated heterocycles. The SMILES string of the molecule is CNC(C)c1cccnc1OCCC(C)(C)OC. The third-order valence-corrected chi connectivity index (χ3v) is 3.20. The summed E-state index contributed by atoms with van der Waals surface area (Å²) in [7, 11) is 3.64. The molecular formula is C14H24N2O2. The van der Waals surface area contributed by atoms with Gasteiger partial charge in [-0.2, -0.15) is 0 Å². The van der Waals surface area contributed by atoms with Crippen LogP contribution in [0.3, 0.4) is 0 Å². The zero-order valence-corrected chi connectivity index (χ0v) is 12.0. The molecule has 1 heterocycles. The second-order valence-electron chi connectivity index (χ2n) is 4.97. The third kappa shape index (κ3) is 4.27. The molecule has 4 heteroatoms.